The van der Waals surface area contributed by atoms with Gasteiger partial charge in [0.25, 0.3) is 5.56 Å². The third kappa shape index (κ3) is 2.54. The van der Waals surface area contributed by atoms with Gasteiger partial charge in [0.1, 0.15) is 11.5 Å². The monoisotopic (exact) mass is 398 g/mol. The summed E-state index contributed by atoms with van der Waals surface area (Å²) >= 11 is 4.47. The van der Waals surface area contributed by atoms with Crippen molar-refractivity contribution in [2.75, 3.05) is 0 Å². The molecule has 1 aromatic carbocycles. The molecule has 0 saturated heterocycles. The first-order valence-electron chi connectivity index (χ1n) is 7.73. The van der Waals surface area contributed by atoms with Gasteiger partial charge in [0.2, 0.25) is 0 Å². The lowest BCUT2D eigenvalue weighted by Crippen LogP contribution is -2.14. The van der Waals surface area contributed by atoms with E-state index in [4.69, 9.17) is 4.74 Å². The summed E-state index contributed by atoms with van der Waals surface area (Å²) in [5, 5.41) is 2.96. The minimum atomic E-state index is -0.393. The Hall–Kier alpha value is -2.55. The summed E-state index contributed by atoms with van der Waals surface area (Å²) in [6, 6.07) is 11.4. The van der Waals surface area contributed by atoms with Gasteiger partial charge in [-0.25, -0.2) is 9.78 Å². The molecule has 0 atom stereocenters. The Morgan fingerprint density at radius 3 is 2.96 bits per heavy atom. The number of hydrogen-bond acceptors (Lipinski definition) is 7. The van der Waals surface area contributed by atoms with Crippen LogP contribution < -0.4 is 5.56 Å². The molecule has 0 unspecified atom stereocenters. The maximum atomic E-state index is 12.4. The van der Waals surface area contributed by atoms with Crippen LogP contribution in [0, 0.1) is 0 Å². The van der Waals surface area contributed by atoms with Crippen LogP contribution in [0.3, 0.4) is 0 Å². The van der Waals surface area contributed by atoms with Crippen LogP contribution in [-0.2, 0) is 11.3 Å². The van der Waals surface area contributed by atoms with Crippen LogP contribution in [0.4, 0.5) is 0 Å². The molecule has 0 amide bonds. The highest BCUT2D eigenvalue weighted by Gasteiger charge is 2.16. The third-order valence-electron chi connectivity index (χ3n) is 3.96. The number of aromatic nitrogens is 2. The van der Waals surface area contributed by atoms with Gasteiger partial charge in [-0.3, -0.25) is 9.20 Å². The zero-order valence-electron chi connectivity index (χ0n) is 13.2. The standard InChI is InChI=1S/C18H10N2O3S3/c21-15-7-10(19-18-20(15)5-6-24-18)9-23-17(22)14-8-13-16(26-14)11-3-1-2-4-12(11)25-13/h1-8H,9H2. The lowest BCUT2D eigenvalue weighted by atomic mass is 10.2. The first-order chi connectivity index (χ1) is 12.7. The van der Waals surface area contributed by atoms with Crippen LogP contribution in [0.25, 0.3) is 24.4 Å². The molecule has 26 heavy (non-hydrogen) atoms. The number of benzene rings is 1. The Bertz CT molecular complexity index is 1340. The molecular weight excluding hydrogens is 388 g/mol. The van der Waals surface area contributed by atoms with Crippen molar-refractivity contribution in [2.24, 2.45) is 0 Å². The summed E-state index contributed by atoms with van der Waals surface area (Å²) < 4.78 is 10.2. The second-order valence-corrected chi connectivity index (χ2v) is 8.63. The van der Waals surface area contributed by atoms with Crippen LogP contribution in [0.15, 0.2) is 52.8 Å². The molecule has 0 spiro atoms. The van der Waals surface area contributed by atoms with E-state index in [9.17, 15) is 9.59 Å². The number of thiazole rings is 1. The highest BCUT2D eigenvalue weighted by Crippen LogP contribution is 2.39. The van der Waals surface area contributed by atoms with Gasteiger partial charge >= 0.3 is 5.97 Å². The number of carbonyl (C=O) groups excluding carboxylic acids is 1. The van der Waals surface area contributed by atoms with Crippen LogP contribution in [0.1, 0.15) is 15.4 Å². The lowest BCUT2D eigenvalue weighted by molar-refractivity contribution is 0.0473. The SMILES string of the molecule is O=C(OCc1cc(=O)n2ccsc2n1)c1cc2sc3ccccc3c2s1. The molecular formula is C18H10N2O3S3. The van der Waals surface area contributed by atoms with E-state index in [2.05, 4.69) is 17.1 Å². The van der Waals surface area contributed by atoms with Gasteiger partial charge in [0.15, 0.2) is 4.96 Å². The van der Waals surface area contributed by atoms with Crippen molar-refractivity contribution in [1.29, 1.82) is 0 Å². The minimum absolute atomic E-state index is 0.0191. The van der Waals surface area contributed by atoms with E-state index in [0.717, 1.165) is 14.8 Å². The van der Waals surface area contributed by atoms with E-state index < -0.39 is 5.97 Å². The van der Waals surface area contributed by atoms with Crippen molar-refractivity contribution in [1.82, 2.24) is 9.38 Å². The molecule has 128 valence electrons. The summed E-state index contributed by atoms with van der Waals surface area (Å²) in [5.41, 5.74) is 0.278. The van der Waals surface area contributed by atoms with Crippen molar-refractivity contribution in [3.8, 4) is 0 Å². The van der Waals surface area contributed by atoms with Gasteiger partial charge in [0, 0.05) is 32.4 Å². The van der Waals surface area contributed by atoms with Gasteiger partial charge in [0.05, 0.1) is 10.4 Å². The molecule has 0 N–H and O–H groups in total. The number of rotatable bonds is 3. The van der Waals surface area contributed by atoms with Gasteiger partial charge in [-0.1, -0.05) is 18.2 Å². The first-order valence-corrected chi connectivity index (χ1v) is 10.2. The van der Waals surface area contributed by atoms with Crippen molar-refractivity contribution >= 4 is 64.4 Å². The molecule has 0 bridgehead atoms. The smallest absolute Gasteiger partial charge is 0.348 e. The molecule has 5 rings (SSSR count). The van der Waals surface area contributed by atoms with E-state index in [0.29, 0.717) is 15.5 Å². The summed E-state index contributed by atoms with van der Waals surface area (Å²) in [6.45, 7) is -0.0191. The predicted molar refractivity (Wildman–Crippen MR) is 106 cm³/mol. The third-order valence-corrected chi connectivity index (χ3v) is 7.11. The zero-order valence-corrected chi connectivity index (χ0v) is 15.6. The minimum Gasteiger partial charge on any atom is -0.455 e. The quantitative estimate of drug-likeness (QED) is 0.419. The Kier molecular flexibility index (Phi) is 3.63. The van der Waals surface area contributed by atoms with Crippen LogP contribution in [-0.4, -0.2) is 15.4 Å². The fraction of sp³-hybridized carbons (Fsp3) is 0.0556. The van der Waals surface area contributed by atoms with E-state index in [1.807, 2.05) is 18.2 Å². The second-order valence-electron chi connectivity index (χ2n) is 5.62. The molecule has 4 heterocycles. The highest BCUT2D eigenvalue weighted by atomic mass is 32.1. The lowest BCUT2D eigenvalue weighted by Gasteiger charge is -2.03. The number of hydrogen-bond donors (Lipinski definition) is 0. The van der Waals surface area contributed by atoms with E-state index in [-0.39, 0.29) is 12.2 Å². The number of carbonyl (C=O) groups is 1. The molecule has 0 aliphatic heterocycles. The number of nitrogens with zero attached hydrogens (tertiary/aromatic N) is 2. The highest BCUT2D eigenvalue weighted by molar-refractivity contribution is 7.33. The number of esters is 1. The fourth-order valence-electron chi connectivity index (χ4n) is 2.77. The van der Waals surface area contributed by atoms with Crippen molar-refractivity contribution in [2.45, 2.75) is 6.61 Å². The average molecular weight is 398 g/mol. The maximum Gasteiger partial charge on any atom is 0.348 e. The molecule has 5 aromatic rings. The average Bonchev–Trinajstić information content (AvgIpc) is 3.33. The Balaban J connectivity index is 1.40. The Labute approximate surface area is 158 Å². The molecule has 0 fully saturated rings. The first kappa shape index (κ1) is 15.7. The fourth-order valence-corrected chi connectivity index (χ4v) is 5.93. The van der Waals surface area contributed by atoms with Crippen LogP contribution in [0.2, 0.25) is 0 Å². The molecule has 4 aromatic heterocycles. The summed E-state index contributed by atoms with van der Waals surface area (Å²) in [6.07, 6.45) is 1.67. The van der Waals surface area contributed by atoms with Crippen LogP contribution in [0.5, 0.6) is 0 Å². The van der Waals surface area contributed by atoms with Gasteiger partial charge in [-0.2, -0.15) is 0 Å². The van der Waals surface area contributed by atoms with Gasteiger partial charge in [-0.05, 0) is 12.1 Å². The number of ether oxygens (including phenoxy) is 1. The Morgan fingerprint density at radius 2 is 2.04 bits per heavy atom. The molecule has 5 nitrogen and oxygen atoms in total. The van der Waals surface area contributed by atoms with Gasteiger partial charge < -0.3 is 4.74 Å². The van der Waals surface area contributed by atoms with E-state index >= 15 is 0 Å². The van der Waals surface area contributed by atoms with Crippen LogP contribution >= 0.6 is 34.0 Å². The Morgan fingerprint density at radius 1 is 1.15 bits per heavy atom. The van der Waals surface area contributed by atoms with Crippen molar-refractivity contribution < 1.29 is 9.53 Å². The predicted octanol–water partition coefficient (Wildman–Crippen LogP) is 4.54. The van der Waals surface area contributed by atoms with Crippen molar-refractivity contribution in [3.05, 3.63) is 68.9 Å². The zero-order chi connectivity index (χ0) is 17.7. The molecule has 8 heteroatoms. The molecule has 0 saturated carbocycles. The van der Waals surface area contributed by atoms with E-state index in [1.54, 1.807) is 22.9 Å². The normalized spacial score (nSPS) is 11.5. The van der Waals surface area contributed by atoms with Crippen molar-refractivity contribution in [3.63, 3.8) is 0 Å². The number of fused-ring (bicyclic) bond motifs is 4. The van der Waals surface area contributed by atoms with E-state index in [1.165, 1.54) is 37.8 Å². The largest absolute Gasteiger partial charge is 0.455 e. The molecule has 0 aliphatic carbocycles. The number of thiophene rings is 2. The maximum absolute atomic E-state index is 12.4. The molecule has 0 radical (unpaired) electrons. The topological polar surface area (TPSA) is 60.7 Å². The molecule has 0 aliphatic rings. The summed E-state index contributed by atoms with van der Waals surface area (Å²) in [7, 11) is 0. The van der Waals surface area contributed by atoms with Gasteiger partial charge in [-0.15, -0.1) is 34.0 Å². The second kappa shape index (κ2) is 6.01. The summed E-state index contributed by atoms with van der Waals surface area (Å²) in [5.74, 6) is -0.393. The summed E-state index contributed by atoms with van der Waals surface area (Å²) in [4.78, 5) is 29.9.